The van der Waals surface area contributed by atoms with Crippen molar-refractivity contribution in [2.45, 2.75) is 44.2 Å². The molecule has 0 atom stereocenters. The number of ether oxygens (including phenoxy) is 1. The van der Waals surface area contributed by atoms with Crippen LogP contribution in [0.1, 0.15) is 29.5 Å². The Morgan fingerprint density at radius 2 is 1.79 bits per heavy atom. The van der Waals surface area contributed by atoms with Crippen LogP contribution < -0.4 is 4.90 Å². The van der Waals surface area contributed by atoms with Crippen molar-refractivity contribution in [2.75, 3.05) is 18.0 Å². The highest BCUT2D eigenvalue weighted by molar-refractivity contribution is 7.89. The number of rotatable bonds is 3. The van der Waals surface area contributed by atoms with Crippen LogP contribution >= 0.6 is 0 Å². The number of aryl methyl sites for hydroxylation is 2. The van der Waals surface area contributed by atoms with Crippen LogP contribution in [-0.4, -0.2) is 37.9 Å². The van der Waals surface area contributed by atoms with E-state index in [0.717, 1.165) is 22.9 Å². The van der Waals surface area contributed by atoms with Crippen molar-refractivity contribution < 1.29 is 22.3 Å². The molecule has 4 rings (SSSR count). The quantitative estimate of drug-likeness (QED) is 0.761. The van der Waals surface area contributed by atoms with E-state index in [4.69, 9.17) is 4.74 Å². The van der Waals surface area contributed by atoms with E-state index in [-0.39, 0.29) is 30.6 Å². The average Bonchev–Trinajstić information content (AvgIpc) is 2.70. The first-order chi connectivity index (χ1) is 13.8. The first-order valence-electron chi connectivity index (χ1n) is 9.59. The lowest BCUT2D eigenvalue weighted by atomic mass is 10.0. The first-order valence-corrected chi connectivity index (χ1v) is 11.0. The first kappa shape index (κ1) is 19.8. The van der Waals surface area contributed by atoms with Crippen LogP contribution in [0, 0.1) is 19.7 Å². The molecule has 0 saturated carbocycles. The standard InChI is InChI=1S/C21H23FN2O4S/c1-14-3-6-19-16(11-14)13-28-21(25)24(19)18-7-9-23(10-8-18)29(26,27)20-12-17(22)5-4-15(20)2/h3-6,11-12,18H,7-10,13H2,1-2H3. The molecule has 154 valence electrons. The fourth-order valence-corrected chi connectivity index (χ4v) is 5.76. The summed E-state index contributed by atoms with van der Waals surface area (Å²) in [4.78, 5) is 14.1. The Morgan fingerprint density at radius 1 is 1.07 bits per heavy atom. The van der Waals surface area contributed by atoms with Crippen LogP contribution in [0.25, 0.3) is 0 Å². The van der Waals surface area contributed by atoms with Crippen LogP contribution in [0.15, 0.2) is 41.3 Å². The minimum Gasteiger partial charge on any atom is -0.444 e. The Labute approximate surface area is 169 Å². The van der Waals surface area contributed by atoms with Crippen molar-refractivity contribution in [1.29, 1.82) is 0 Å². The molecule has 2 aromatic rings. The lowest BCUT2D eigenvalue weighted by Crippen LogP contribution is -2.50. The van der Waals surface area contributed by atoms with Crippen molar-refractivity contribution in [3.8, 4) is 0 Å². The summed E-state index contributed by atoms with van der Waals surface area (Å²) in [6.07, 6.45) is 0.565. The van der Waals surface area contributed by atoms with Crippen LogP contribution in [-0.2, 0) is 21.4 Å². The molecule has 6 nitrogen and oxygen atoms in total. The van der Waals surface area contributed by atoms with E-state index >= 15 is 0 Å². The number of piperidine rings is 1. The topological polar surface area (TPSA) is 66.9 Å². The Hall–Kier alpha value is -2.45. The summed E-state index contributed by atoms with van der Waals surface area (Å²) in [5, 5.41) is 0. The molecule has 1 fully saturated rings. The predicted molar refractivity (Wildman–Crippen MR) is 107 cm³/mol. The normalized spacial score (nSPS) is 18.4. The maximum atomic E-state index is 13.6. The second-order valence-electron chi connectivity index (χ2n) is 7.60. The lowest BCUT2D eigenvalue weighted by molar-refractivity contribution is 0.135. The summed E-state index contributed by atoms with van der Waals surface area (Å²) in [5.74, 6) is -0.577. The minimum absolute atomic E-state index is 0.00541. The molecule has 0 N–H and O–H groups in total. The van der Waals surface area contributed by atoms with Crippen molar-refractivity contribution in [1.82, 2.24) is 4.31 Å². The zero-order valence-electron chi connectivity index (χ0n) is 16.4. The number of benzene rings is 2. The average molecular weight is 418 g/mol. The highest BCUT2D eigenvalue weighted by Crippen LogP contribution is 2.33. The van der Waals surface area contributed by atoms with Crippen molar-refractivity contribution in [2.24, 2.45) is 0 Å². The highest BCUT2D eigenvalue weighted by atomic mass is 32.2. The smallest absolute Gasteiger partial charge is 0.414 e. The highest BCUT2D eigenvalue weighted by Gasteiger charge is 2.37. The number of anilines is 1. The van der Waals surface area contributed by atoms with E-state index in [1.807, 2.05) is 25.1 Å². The Morgan fingerprint density at radius 3 is 2.52 bits per heavy atom. The minimum atomic E-state index is -3.79. The predicted octanol–water partition coefficient (Wildman–Crippen LogP) is 3.75. The van der Waals surface area contributed by atoms with Crippen LogP contribution in [0.2, 0.25) is 0 Å². The number of sulfonamides is 1. The van der Waals surface area contributed by atoms with Gasteiger partial charge in [-0.3, -0.25) is 4.90 Å². The number of hydrogen-bond donors (Lipinski definition) is 0. The molecule has 1 amide bonds. The number of carbonyl (C=O) groups is 1. The van der Waals surface area contributed by atoms with Gasteiger partial charge in [0.15, 0.2) is 0 Å². The van der Waals surface area contributed by atoms with Crippen molar-refractivity contribution in [3.05, 3.63) is 58.9 Å². The number of carbonyl (C=O) groups excluding carboxylic acids is 1. The molecule has 2 aliphatic heterocycles. The number of fused-ring (bicyclic) bond motifs is 1. The van der Waals surface area contributed by atoms with Gasteiger partial charge in [-0.15, -0.1) is 0 Å². The van der Waals surface area contributed by atoms with E-state index in [1.165, 1.54) is 16.4 Å². The van der Waals surface area contributed by atoms with Crippen LogP contribution in [0.5, 0.6) is 0 Å². The van der Waals surface area contributed by atoms with Gasteiger partial charge in [-0.2, -0.15) is 4.31 Å². The summed E-state index contributed by atoms with van der Waals surface area (Å²) >= 11 is 0. The van der Waals surface area contributed by atoms with E-state index < -0.39 is 21.9 Å². The number of cyclic esters (lactones) is 1. The Kier molecular flexibility index (Phi) is 5.08. The van der Waals surface area contributed by atoms with Crippen molar-refractivity contribution in [3.63, 3.8) is 0 Å². The maximum absolute atomic E-state index is 13.6. The van der Waals surface area contributed by atoms with Crippen molar-refractivity contribution >= 4 is 21.8 Å². The molecule has 0 aromatic heterocycles. The monoisotopic (exact) mass is 418 g/mol. The number of nitrogens with zero attached hydrogens (tertiary/aromatic N) is 2. The molecule has 2 heterocycles. The molecular formula is C21H23FN2O4S. The molecule has 0 bridgehead atoms. The zero-order chi connectivity index (χ0) is 20.8. The van der Waals surface area contributed by atoms with Gasteiger partial charge in [0.2, 0.25) is 10.0 Å². The molecule has 2 aliphatic rings. The molecule has 0 radical (unpaired) electrons. The van der Waals surface area contributed by atoms with Crippen LogP contribution in [0.4, 0.5) is 14.9 Å². The summed E-state index contributed by atoms with van der Waals surface area (Å²) in [6.45, 7) is 4.40. The molecular weight excluding hydrogens is 395 g/mol. The second-order valence-corrected chi connectivity index (χ2v) is 9.51. The van der Waals surface area contributed by atoms with Crippen LogP contribution in [0.3, 0.4) is 0 Å². The number of hydrogen-bond acceptors (Lipinski definition) is 4. The molecule has 0 aliphatic carbocycles. The van der Waals surface area contributed by atoms with Gasteiger partial charge in [0, 0.05) is 24.7 Å². The maximum Gasteiger partial charge on any atom is 0.414 e. The van der Waals surface area contributed by atoms with Gasteiger partial charge >= 0.3 is 6.09 Å². The van der Waals surface area contributed by atoms with E-state index in [2.05, 4.69) is 0 Å². The van der Waals surface area contributed by atoms with Gasteiger partial charge in [0.25, 0.3) is 0 Å². The fourth-order valence-electron chi connectivity index (χ4n) is 4.05. The molecule has 0 unspecified atom stereocenters. The van der Waals surface area contributed by atoms with Gasteiger partial charge in [0.1, 0.15) is 12.4 Å². The summed E-state index contributed by atoms with van der Waals surface area (Å²) in [7, 11) is -3.79. The zero-order valence-corrected chi connectivity index (χ0v) is 17.2. The molecule has 29 heavy (non-hydrogen) atoms. The van der Waals surface area contributed by atoms with Gasteiger partial charge in [-0.05, 0) is 50.5 Å². The summed E-state index contributed by atoms with van der Waals surface area (Å²) in [6, 6.07) is 9.52. The third-order valence-electron chi connectivity index (χ3n) is 5.60. The molecule has 2 aromatic carbocycles. The van der Waals surface area contributed by atoms with Gasteiger partial charge in [-0.25, -0.2) is 17.6 Å². The number of amides is 1. The summed E-state index contributed by atoms with van der Waals surface area (Å²) < 4.78 is 46.3. The van der Waals surface area contributed by atoms with Gasteiger partial charge in [-0.1, -0.05) is 23.8 Å². The lowest BCUT2D eigenvalue weighted by Gasteiger charge is -2.40. The van der Waals surface area contributed by atoms with Gasteiger partial charge in [0.05, 0.1) is 10.6 Å². The van der Waals surface area contributed by atoms with E-state index in [9.17, 15) is 17.6 Å². The molecule has 1 saturated heterocycles. The van der Waals surface area contributed by atoms with E-state index in [1.54, 1.807) is 11.8 Å². The molecule has 8 heteroatoms. The second kappa shape index (κ2) is 7.42. The summed E-state index contributed by atoms with van der Waals surface area (Å²) in [5.41, 5.74) is 3.38. The third kappa shape index (κ3) is 3.62. The Bertz CT molecular complexity index is 1060. The number of halogens is 1. The fraction of sp³-hybridized carbons (Fsp3) is 0.381. The largest absolute Gasteiger partial charge is 0.444 e. The Balaban J connectivity index is 1.54. The van der Waals surface area contributed by atoms with Gasteiger partial charge < -0.3 is 4.74 Å². The molecule has 0 spiro atoms. The van der Waals surface area contributed by atoms with E-state index in [0.29, 0.717) is 18.4 Å². The third-order valence-corrected chi connectivity index (χ3v) is 7.64. The SMILES string of the molecule is Cc1ccc2c(c1)COC(=O)N2C1CCN(S(=O)(=O)c2cc(F)ccc2C)CC1.